The number of rotatable bonds is 10. The lowest BCUT2D eigenvalue weighted by atomic mass is 9.64. The minimum absolute atomic E-state index is 0.0283. The summed E-state index contributed by atoms with van der Waals surface area (Å²) in [5.41, 5.74) is 5.63. The lowest BCUT2D eigenvalue weighted by Gasteiger charge is -2.39. The summed E-state index contributed by atoms with van der Waals surface area (Å²) in [5.74, 6) is 0.545. The van der Waals surface area contributed by atoms with Gasteiger partial charge in [0.2, 0.25) is 0 Å². The Morgan fingerprint density at radius 1 is 0.242 bits per heavy atom. The number of fused-ring (bicyclic) bond motifs is 10. The molecule has 11 rings (SSSR count). The van der Waals surface area contributed by atoms with E-state index in [0.29, 0.717) is 120 Å². The third-order valence-corrected chi connectivity index (χ3v) is 25.8. The zero-order valence-corrected chi connectivity index (χ0v) is 60.0. The van der Waals surface area contributed by atoms with E-state index in [-0.39, 0.29) is 149 Å². The fourth-order valence-electron chi connectivity index (χ4n) is 18.9. The number of hydrogen-bond donors (Lipinski definition) is 5. The molecule has 95 heavy (non-hydrogen) atoms. The van der Waals surface area contributed by atoms with Crippen LogP contribution in [0.2, 0.25) is 0 Å². The van der Waals surface area contributed by atoms with Crippen LogP contribution in [0.3, 0.4) is 0 Å². The molecule has 10 heteroatoms. The molecule has 5 aromatic carbocycles. The lowest BCUT2D eigenvalue weighted by Crippen LogP contribution is -2.38. The van der Waals surface area contributed by atoms with Crippen molar-refractivity contribution in [2.24, 2.45) is 59.2 Å². The first-order valence-electron chi connectivity index (χ1n) is 36.4. The summed E-state index contributed by atoms with van der Waals surface area (Å²) in [6, 6.07) is 19.9. The number of phenols is 5. The largest absolute Gasteiger partial charge is 0.507 e. The average Bonchev–Trinajstić information content (AvgIpc) is 0.770. The molecule has 10 atom stereocenters. The average molecular weight is 1290 g/mol. The Bertz CT molecular complexity index is 3170. The van der Waals surface area contributed by atoms with Gasteiger partial charge in [-0.2, -0.15) is 0 Å². The molecule has 5 saturated carbocycles. The van der Waals surface area contributed by atoms with Crippen molar-refractivity contribution in [1.29, 1.82) is 0 Å². The van der Waals surface area contributed by atoms with Crippen molar-refractivity contribution in [1.82, 2.24) is 0 Å². The van der Waals surface area contributed by atoms with Gasteiger partial charge in [0, 0.05) is 93.8 Å². The van der Waals surface area contributed by atoms with Gasteiger partial charge >= 0.3 is 0 Å². The third kappa shape index (κ3) is 13.4. The van der Waals surface area contributed by atoms with Crippen molar-refractivity contribution >= 4 is 28.9 Å². The Morgan fingerprint density at radius 3 is 0.484 bits per heavy atom. The highest BCUT2D eigenvalue weighted by Gasteiger charge is 2.46. The summed E-state index contributed by atoms with van der Waals surface area (Å²) in [7, 11) is 0. The Balaban J connectivity index is 1.21. The van der Waals surface area contributed by atoms with Gasteiger partial charge in [-0.05, 0) is 204 Å². The van der Waals surface area contributed by atoms with Crippen molar-refractivity contribution in [3.63, 3.8) is 0 Å². The van der Waals surface area contributed by atoms with Crippen LogP contribution in [0.15, 0.2) is 60.7 Å². The molecule has 0 saturated heterocycles. The summed E-state index contributed by atoms with van der Waals surface area (Å²) in [5, 5.41) is 66.2. The molecule has 5 fully saturated rings. The van der Waals surface area contributed by atoms with E-state index >= 15 is 0 Å². The quantitative estimate of drug-likeness (QED) is 0.0884. The van der Waals surface area contributed by atoms with Crippen LogP contribution in [-0.2, 0) is 83.2 Å². The van der Waals surface area contributed by atoms with Gasteiger partial charge in [0.05, 0.1) is 0 Å². The summed E-state index contributed by atoms with van der Waals surface area (Å²) < 4.78 is 0. The molecular formula is C85H110O10. The molecule has 0 aromatic heterocycles. The van der Waals surface area contributed by atoms with Gasteiger partial charge in [-0.15, -0.1) is 0 Å². The van der Waals surface area contributed by atoms with Gasteiger partial charge in [-0.1, -0.05) is 165 Å². The van der Waals surface area contributed by atoms with Gasteiger partial charge in [0.1, 0.15) is 57.7 Å². The number of hydrogen-bond acceptors (Lipinski definition) is 10. The highest BCUT2D eigenvalue weighted by molar-refractivity contribution is 5.86. The van der Waals surface area contributed by atoms with E-state index in [1.807, 2.05) is 60.7 Å². The smallest absolute Gasteiger partial charge is 0.137 e. The van der Waals surface area contributed by atoms with Crippen LogP contribution in [0, 0.1) is 59.2 Å². The second-order valence-corrected chi connectivity index (χ2v) is 34.7. The molecule has 6 aliphatic rings. The highest BCUT2D eigenvalue weighted by Crippen LogP contribution is 2.52. The first-order chi connectivity index (χ1) is 44.5. The van der Waals surface area contributed by atoms with Crippen LogP contribution in [-0.4, -0.2) is 54.4 Å². The highest BCUT2D eigenvalue weighted by atomic mass is 16.3. The van der Waals surface area contributed by atoms with Crippen LogP contribution < -0.4 is 0 Å². The summed E-state index contributed by atoms with van der Waals surface area (Å²) >= 11 is 0. The van der Waals surface area contributed by atoms with Gasteiger partial charge in [0.15, 0.2) is 0 Å². The molecule has 6 aliphatic carbocycles. The maximum atomic E-state index is 14.3. The van der Waals surface area contributed by atoms with Crippen LogP contribution >= 0.6 is 0 Å². The first-order valence-corrected chi connectivity index (χ1v) is 36.4. The summed E-state index contributed by atoms with van der Waals surface area (Å²) in [6.07, 6.45) is 10.6. The number of Topliss-reactive ketones (excluding diaryl/α,β-unsaturated/α-hetero) is 5. The van der Waals surface area contributed by atoms with Gasteiger partial charge in [-0.25, -0.2) is 0 Å². The van der Waals surface area contributed by atoms with Crippen LogP contribution in [0.5, 0.6) is 28.7 Å². The molecule has 0 radical (unpaired) electrons. The zero-order chi connectivity index (χ0) is 68.9. The van der Waals surface area contributed by atoms with Crippen LogP contribution in [0.1, 0.15) is 284 Å². The van der Waals surface area contributed by atoms with Crippen molar-refractivity contribution < 1.29 is 49.5 Å². The molecule has 0 heterocycles. The topological polar surface area (TPSA) is 186 Å². The van der Waals surface area contributed by atoms with E-state index in [4.69, 9.17) is 0 Å². The van der Waals surface area contributed by atoms with E-state index < -0.39 is 27.1 Å². The van der Waals surface area contributed by atoms with Gasteiger partial charge < -0.3 is 25.5 Å². The SMILES string of the molecule is C[C@@H]1CC[C@@H](C(C)(C)c2cc3c(O)c(c2)Cc2cc(C(C)(C)[C@@H]4CC[C@@H](C)CC4=O)cc(c2O)Cc2cc(C(C)(C)[C@@H]4CC[C@@H](C)CC4=O)cc(c2O)Cc2cc(C(C)(C)[C@@H]4CC[C@@H](C)CC4=O)cc(c2O)Cc2cc(C(C)(C)[C@@H]4CC[C@@H](C)CC4=O)cc(c2O)C3)C(=O)C1. The second kappa shape index (κ2) is 26.0. The molecule has 0 amide bonds. The predicted octanol–water partition coefficient (Wildman–Crippen LogP) is 17.9. The lowest BCUT2D eigenvalue weighted by molar-refractivity contribution is -0.128. The molecule has 5 N–H and O–H groups in total. The molecular weight excluding hydrogens is 1180 g/mol. The molecule has 510 valence electrons. The predicted molar refractivity (Wildman–Crippen MR) is 377 cm³/mol. The third-order valence-electron chi connectivity index (χ3n) is 25.8. The Kier molecular flexibility index (Phi) is 19.1. The van der Waals surface area contributed by atoms with Crippen molar-refractivity contribution in [3.05, 3.63) is 144 Å². The Morgan fingerprint density at radius 2 is 0.368 bits per heavy atom. The number of carbonyl (C=O) groups excluding carboxylic acids is 5. The maximum Gasteiger partial charge on any atom is 0.137 e. The molecule has 0 unspecified atom stereocenters. The normalized spacial score (nSPS) is 26.2. The zero-order valence-electron chi connectivity index (χ0n) is 60.0. The minimum atomic E-state index is -0.726. The molecule has 10 bridgehead atoms. The van der Waals surface area contributed by atoms with Gasteiger partial charge in [0.25, 0.3) is 0 Å². The first kappa shape index (κ1) is 69.8. The number of aromatic hydroxyl groups is 5. The minimum Gasteiger partial charge on any atom is -0.507 e. The fraction of sp³-hybridized carbons (Fsp3) is 0.588. The maximum absolute atomic E-state index is 14.3. The number of benzene rings is 5. The summed E-state index contributed by atoms with van der Waals surface area (Å²) in [6.45, 7) is 31.7. The van der Waals surface area contributed by atoms with E-state index in [0.717, 1.165) is 59.9 Å². The van der Waals surface area contributed by atoms with Gasteiger partial charge in [-0.3, -0.25) is 24.0 Å². The fourth-order valence-corrected chi connectivity index (χ4v) is 18.9. The van der Waals surface area contributed by atoms with Crippen molar-refractivity contribution in [2.45, 2.75) is 259 Å². The Hall–Kier alpha value is -6.55. The van der Waals surface area contributed by atoms with Crippen LogP contribution in [0.4, 0.5) is 0 Å². The standard InChI is InChI=1S/C85H110O10/c1-46-16-21-66(71(86)26-46)81(6,7)61-36-51-31-53-38-62(82(8,9)67-22-17-47(2)27-72(67)87)40-55(77(53)92)33-57-42-64(84(12,13)69-24-19-49(4)29-74(69)89)44-59(79(57)94)35-60-45-65(85(14,15)70-25-20-50(5)30-75(70)90)43-58(80(60)95)34-56-41-63(39-54(78(56)93)32-52(37-61)76(51)91)83(10,11)68-23-18-48(3)28-73(68)88/h36-50,66-70,91-95H,16-35H2,1-15H3/t46-,47-,48-,49-,50-,66-,67-,68-,69-,70-/m1/s1. The van der Waals surface area contributed by atoms with E-state index in [2.05, 4.69) is 104 Å². The number of phenolic OH excluding ortho intramolecular Hbond substituents is 5. The molecule has 0 aliphatic heterocycles. The Labute approximate surface area is 566 Å². The molecule has 5 aromatic rings. The van der Waals surface area contributed by atoms with E-state index in [1.54, 1.807) is 0 Å². The van der Waals surface area contributed by atoms with E-state index in [1.165, 1.54) is 0 Å². The van der Waals surface area contributed by atoms with E-state index in [9.17, 15) is 49.5 Å². The second-order valence-electron chi connectivity index (χ2n) is 34.7. The van der Waals surface area contributed by atoms with Crippen molar-refractivity contribution in [2.75, 3.05) is 0 Å². The number of carbonyl (C=O) groups is 5. The number of ketones is 5. The monoisotopic (exact) mass is 1290 g/mol. The molecule has 0 spiro atoms. The van der Waals surface area contributed by atoms with Crippen molar-refractivity contribution in [3.8, 4) is 28.7 Å². The molecule has 10 nitrogen and oxygen atoms in total. The van der Waals surface area contributed by atoms with Crippen LogP contribution in [0.25, 0.3) is 0 Å². The summed E-state index contributed by atoms with van der Waals surface area (Å²) in [4.78, 5) is 71.6.